The number of hydrogen-bond acceptors (Lipinski definition) is 1. The summed E-state index contributed by atoms with van der Waals surface area (Å²) in [5.74, 6) is 0. The van der Waals surface area contributed by atoms with Crippen LogP contribution in [0.4, 0.5) is 18.9 Å². The first kappa shape index (κ1) is 16.5. The molecule has 0 aliphatic heterocycles. The van der Waals surface area contributed by atoms with Crippen LogP contribution in [-0.2, 0) is 16.9 Å². The van der Waals surface area contributed by atoms with E-state index in [9.17, 15) is 13.2 Å². The molecule has 0 spiro atoms. The molecule has 0 saturated carbocycles. The molecule has 122 valence electrons. The Morgan fingerprint density at radius 3 is 1.50 bits per heavy atom. The molecule has 0 radical (unpaired) electrons. The van der Waals surface area contributed by atoms with Crippen molar-refractivity contribution in [2.45, 2.75) is 16.0 Å². The van der Waals surface area contributed by atoms with E-state index in [1.165, 1.54) is 12.1 Å². The van der Waals surface area contributed by atoms with Crippen molar-refractivity contribution in [1.29, 1.82) is 0 Å². The quantitative estimate of drug-likeness (QED) is 0.531. The number of benzene rings is 3. The standard InChI is InChI=1S/C19H14F3NS/c20-19(21,22)15-11-13-16(14-12-15)23-24(17-7-3-1-4-8-17)18-9-5-2-6-10-18/h1-14H. The Labute approximate surface area is 140 Å². The Morgan fingerprint density at radius 1 is 0.625 bits per heavy atom. The van der Waals surface area contributed by atoms with Gasteiger partial charge in [0.1, 0.15) is 0 Å². The number of halogens is 3. The molecule has 3 aromatic rings. The number of alkyl halides is 3. The fraction of sp³-hybridized carbons (Fsp3) is 0.0526. The van der Waals surface area contributed by atoms with Crippen LogP contribution in [0.1, 0.15) is 5.56 Å². The summed E-state index contributed by atoms with van der Waals surface area (Å²) in [5.41, 5.74) is -0.139. The van der Waals surface area contributed by atoms with Gasteiger partial charge in [-0.2, -0.15) is 13.2 Å². The second kappa shape index (κ2) is 7.01. The van der Waals surface area contributed by atoms with Gasteiger partial charge in [-0.3, -0.25) is 0 Å². The molecule has 0 aromatic heterocycles. The molecule has 24 heavy (non-hydrogen) atoms. The molecular weight excluding hydrogens is 331 g/mol. The molecule has 0 heterocycles. The molecule has 0 N–H and O–H groups in total. The van der Waals surface area contributed by atoms with Gasteiger partial charge in [-0.15, -0.1) is 0 Å². The molecule has 5 heteroatoms. The minimum atomic E-state index is -4.33. The van der Waals surface area contributed by atoms with Crippen molar-refractivity contribution in [3.8, 4) is 0 Å². The summed E-state index contributed by atoms with van der Waals surface area (Å²) >= 11 is 0. The largest absolute Gasteiger partial charge is 0.416 e. The molecule has 0 aliphatic carbocycles. The minimum absolute atomic E-state index is 0.527. The third-order valence-electron chi connectivity index (χ3n) is 3.32. The number of nitrogens with zero attached hydrogens (tertiary/aromatic N) is 1. The topological polar surface area (TPSA) is 12.4 Å². The maximum atomic E-state index is 12.7. The molecule has 3 rings (SSSR count). The predicted octanol–water partition coefficient (Wildman–Crippen LogP) is 6.26. The Kier molecular flexibility index (Phi) is 4.81. The first-order valence-electron chi connectivity index (χ1n) is 7.27. The van der Waals surface area contributed by atoms with E-state index in [0.29, 0.717) is 5.69 Å². The Morgan fingerprint density at radius 2 is 1.08 bits per heavy atom. The summed E-state index contributed by atoms with van der Waals surface area (Å²) in [5, 5.41) is 0. The molecular formula is C19H14F3NS. The summed E-state index contributed by atoms with van der Waals surface area (Å²) in [4.78, 5) is 2.03. The maximum Gasteiger partial charge on any atom is 0.416 e. The molecule has 3 aromatic carbocycles. The molecule has 0 bridgehead atoms. The summed E-state index contributed by atoms with van der Waals surface area (Å²) in [6.45, 7) is 0. The van der Waals surface area contributed by atoms with E-state index in [4.69, 9.17) is 0 Å². The normalized spacial score (nSPS) is 11.5. The van der Waals surface area contributed by atoms with E-state index in [2.05, 4.69) is 4.36 Å². The lowest BCUT2D eigenvalue weighted by molar-refractivity contribution is -0.137. The van der Waals surface area contributed by atoms with Crippen LogP contribution in [0.5, 0.6) is 0 Å². The van der Waals surface area contributed by atoms with Gasteiger partial charge in [0, 0.05) is 9.79 Å². The lowest BCUT2D eigenvalue weighted by Crippen LogP contribution is -2.03. The van der Waals surface area contributed by atoms with E-state index in [1.807, 2.05) is 60.7 Å². The molecule has 0 unspecified atom stereocenters. The third kappa shape index (κ3) is 3.92. The second-order valence-corrected chi connectivity index (χ2v) is 6.74. The van der Waals surface area contributed by atoms with Crippen LogP contribution in [0, 0.1) is 0 Å². The first-order valence-corrected chi connectivity index (χ1v) is 8.46. The van der Waals surface area contributed by atoms with E-state index >= 15 is 0 Å². The van der Waals surface area contributed by atoms with Gasteiger partial charge in [0.25, 0.3) is 0 Å². The van der Waals surface area contributed by atoms with Gasteiger partial charge < -0.3 is 0 Å². The Balaban J connectivity index is 2.04. The van der Waals surface area contributed by atoms with E-state index in [-0.39, 0.29) is 0 Å². The molecule has 0 fully saturated rings. The van der Waals surface area contributed by atoms with Gasteiger partial charge in [-0.05, 0) is 59.2 Å². The van der Waals surface area contributed by atoms with Crippen molar-refractivity contribution in [3.63, 3.8) is 0 Å². The van der Waals surface area contributed by atoms with Crippen LogP contribution in [0.25, 0.3) is 0 Å². The van der Waals surface area contributed by atoms with Crippen LogP contribution in [0.15, 0.2) is 99.1 Å². The van der Waals surface area contributed by atoms with Gasteiger partial charge in [0.15, 0.2) is 0 Å². The molecule has 0 atom stereocenters. The van der Waals surface area contributed by atoms with E-state index in [1.54, 1.807) is 0 Å². The predicted molar refractivity (Wildman–Crippen MR) is 90.3 cm³/mol. The van der Waals surface area contributed by atoms with Crippen LogP contribution in [-0.4, -0.2) is 0 Å². The van der Waals surface area contributed by atoms with Crippen molar-refractivity contribution < 1.29 is 13.2 Å². The zero-order chi connectivity index (χ0) is 17.0. The van der Waals surface area contributed by atoms with E-state index in [0.717, 1.165) is 21.9 Å². The zero-order valence-electron chi connectivity index (χ0n) is 12.6. The lowest BCUT2D eigenvalue weighted by atomic mass is 10.2. The van der Waals surface area contributed by atoms with Crippen molar-refractivity contribution >= 4 is 16.4 Å². The number of hydrogen-bond donors (Lipinski definition) is 0. The SMILES string of the molecule is FC(F)(F)c1ccc(N=S(c2ccccc2)c2ccccc2)cc1. The lowest BCUT2D eigenvalue weighted by Gasteiger charge is -2.10. The Bertz CT molecular complexity index is 784. The maximum absolute atomic E-state index is 12.7. The van der Waals surface area contributed by atoms with Crippen molar-refractivity contribution in [1.82, 2.24) is 0 Å². The first-order chi connectivity index (χ1) is 11.5. The van der Waals surface area contributed by atoms with E-state index < -0.39 is 22.4 Å². The highest BCUT2D eigenvalue weighted by atomic mass is 32.2. The molecule has 0 aliphatic rings. The highest BCUT2D eigenvalue weighted by Crippen LogP contribution is 2.31. The molecule has 0 amide bonds. The van der Waals surface area contributed by atoms with Crippen LogP contribution >= 0.6 is 0 Å². The third-order valence-corrected chi connectivity index (χ3v) is 5.16. The minimum Gasteiger partial charge on any atom is -0.219 e. The Hall–Kier alpha value is -2.40. The second-order valence-electron chi connectivity index (χ2n) is 5.05. The fourth-order valence-corrected chi connectivity index (χ4v) is 3.80. The number of rotatable bonds is 3. The van der Waals surface area contributed by atoms with Crippen LogP contribution in [0.3, 0.4) is 0 Å². The van der Waals surface area contributed by atoms with Gasteiger partial charge in [-0.25, -0.2) is 4.36 Å². The zero-order valence-corrected chi connectivity index (χ0v) is 13.4. The average molecular weight is 345 g/mol. The highest BCUT2D eigenvalue weighted by molar-refractivity contribution is 7.87. The van der Waals surface area contributed by atoms with Crippen molar-refractivity contribution in [2.24, 2.45) is 4.36 Å². The van der Waals surface area contributed by atoms with Gasteiger partial charge in [0.05, 0.1) is 11.3 Å². The fourth-order valence-electron chi connectivity index (χ4n) is 2.16. The average Bonchev–Trinajstić information content (AvgIpc) is 2.61. The van der Waals surface area contributed by atoms with Crippen LogP contribution in [0.2, 0.25) is 0 Å². The molecule has 0 saturated heterocycles. The van der Waals surface area contributed by atoms with Gasteiger partial charge in [0.2, 0.25) is 0 Å². The van der Waals surface area contributed by atoms with Crippen molar-refractivity contribution in [3.05, 3.63) is 90.5 Å². The monoisotopic (exact) mass is 345 g/mol. The summed E-state index contributed by atoms with van der Waals surface area (Å²) < 4.78 is 42.7. The summed E-state index contributed by atoms with van der Waals surface area (Å²) in [6.07, 6.45) is -4.33. The van der Waals surface area contributed by atoms with Crippen molar-refractivity contribution in [2.75, 3.05) is 0 Å². The smallest absolute Gasteiger partial charge is 0.219 e. The summed E-state index contributed by atoms with van der Waals surface area (Å²) in [6, 6.07) is 24.4. The summed E-state index contributed by atoms with van der Waals surface area (Å²) in [7, 11) is -0.586. The van der Waals surface area contributed by atoms with Gasteiger partial charge >= 0.3 is 6.18 Å². The highest BCUT2D eigenvalue weighted by Gasteiger charge is 2.29. The van der Waals surface area contributed by atoms with Gasteiger partial charge in [-0.1, -0.05) is 36.4 Å². The molecule has 1 nitrogen and oxygen atoms in total. The van der Waals surface area contributed by atoms with Crippen LogP contribution < -0.4 is 0 Å².